The lowest BCUT2D eigenvalue weighted by Crippen LogP contribution is -2.65. The number of aliphatic hydroxyl groups excluding tert-OH is 1. The highest BCUT2D eigenvalue weighted by Crippen LogP contribution is 2.36. The molecule has 2 heterocycles. The number of ether oxygens (including phenoxy) is 10. The fraction of sp³-hybridized carbons (Fsp3) is 0.585. The maximum atomic E-state index is 13.9. The van der Waals surface area contributed by atoms with E-state index < -0.39 is 114 Å². The molecule has 15 heteroatoms. The Kier molecular flexibility index (Phi) is 18.5. The van der Waals surface area contributed by atoms with Gasteiger partial charge >= 0.3 is 23.9 Å². The van der Waals surface area contributed by atoms with Crippen molar-refractivity contribution in [3.63, 3.8) is 0 Å². The van der Waals surface area contributed by atoms with Gasteiger partial charge in [0.05, 0.1) is 48.1 Å². The van der Waals surface area contributed by atoms with Gasteiger partial charge < -0.3 is 52.5 Å². The summed E-state index contributed by atoms with van der Waals surface area (Å²) in [7, 11) is 0. The summed E-state index contributed by atoms with van der Waals surface area (Å²) in [6, 6.07) is 28.5. The molecule has 0 saturated carbocycles. The lowest BCUT2D eigenvalue weighted by molar-refractivity contribution is -0.340. The molecule has 0 aliphatic carbocycles. The van der Waals surface area contributed by atoms with E-state index in [1.54, 1.807) is 83.1 Å². The molecule has 1 N–H and O–H groups in total. The van der Waals surface area contributed by atoms with Crippen LogP contribution in [0, 0.1) is 21.7 Å². The summed E-state index contributed by atoms with van der Waals surface area (Å²) in [6.45, 7) is 19.4. The molecule has 0 radical (unpaired) electrons. The van der Waals surface area contributed by atoms with Crippen LogP contribution in [0.15, 0.2) is 91.0 Å². The lowest BCUT2D eigenvalue weighted by atomic mass is 9.93. The van der Waals surface area contributed by atoms with Crippen molar-refractivity contribution in [1.29, 1.82) is 0 Å². The zero-order chi connectivity index (χ0) is 50.0. The minimum atomic E-state index is -1.58. The first-order valence-corrected chi connectivity index (χ1v) is 23.2. The summed E-state index contributed by atoms with van der Waals surface area (Å²) in [5.41, 5.74) is -1.57. The highest BCUT2D eigenvalue weighted by atomic mass is 16.7. The van der Waals surface area contributed by atoms with Crippen molar-refractivity contribution >= 4 is 23.9 Å². The number of carbonyl (C=O) groups is 4. The van der Waals surface area contributed by atoms with Gasteiger partial charge in [0, 0.05) is 0 Å². The van der Waals surface area contributed by atoms with Crippen LogP contribution in [0.4, 0.5) is 0 Å². The van der Waals surface area contributed by atoms with E-state index in [2.05, 4.69) is 0 Å². The summed E-state index contributed by atoms with van der Waals surface area (Å²) in [5, 5.41) is 11.8. The zero-order valence-corrected chi connectivity index (χ0v) is 41.6. The molecule has 0 bridgehead atoms. The fourth-order valence-corrected chi connectivity index (χ4v) is 6.91. The van der Waals surface area contributed by atoms with Crippen LogP contribution < -0.4 is 0 Å². The number of esters is 4. The van der Waals surface area contributed by atoms with Crippen molar-refractivity contribution in [3.05, 3.63) is 108 Å². The van der Waals surface area contributed by atoms with E-state index in [1.165, 1.54) is 0 Å². The highest BCUT2D eigenvalue weighted by molar-refractivity contribution is 5.78. The molecule has 2 aliphatic rings. The van der Waals surface area contributed by atoms with Crippen LogP contribution in [-0.4, -0.2) is 104 Å². The number of hydrogen-bond acceptors (Lipinski definition) is 15. The summed E-state index contributed by atoms with van der Waals surface area (Å²) >= 11 is 0. The molecule has 2 saturated heterocycles. The molecule has 0 spiro atoms. The normalized spacial score (nSPS) is 25.8. The molecule has 0 amide bonds. The second-order valence-corrected chi connectivity index (χ2v) is 21.4. The topological polar surface area (TPSA) is 181 Å². The second-order valence-electron chi connectivity index (χ2n) is 21.4. The molecule has 3 aromatic rings. The van der Waals surface area contributed by atoms with Gasteiger partial charge in [0.15, 0.2) is 30.9 Å². The molecule has 68 heavy (non-hydrogen) atoms. The van der Waals surface area contributed by atoms with Crippen LogP contribution in [0.5, 0.6) is 0 Å². The van der Waals surface area contributed by atoms with Crippen LogP contribution in [0.1, 0.15) is 99.8 Å². The first kappa shape index (κ1) is 54.2. The molecule has 2 fully saturated rings. The van der Waals surface area contributed by atoms with E-state index in [4.69, 9.17) is 47.4 Å². The summed E-state index contributed by atoms with van der Waals surface area (Å²) < 4.78 is 63.5. The maximum Gasteiger partial charge on any atom is 0.311 e. The molecule has 10 atom stereocenters. The van der Waals surface area contributed by atoms with Crippen LogP contribution in [0.2, 0.25) is 0 Å². The molecule has 0 unspecified atom stereocenters. The number of benzene rings is 3. The van der Waals surface area contributed by atoms with E-state index in [9.17, 15) is 24.3 Å². The van der Waals surface area contributed by atoms with Crippen LogP contribution >= 0.6 is 0 Å². The van der Waals surface area contributed by atoms with Crippen molar-refractivity contribution in [2.45, 2.75) is 164 Å². The van der Waals surface area contributed by atoms with E-state index >= 15 is 0 Å². The van der Waals surface area contributed by atoms with Crippen molar-refractivity contribution in [1.82, 2.24) is 0 Å². The average Bonchev–Trinajstić information content (AvgIpc) is 3.27. The molecule has 15 nitrogen and oxygen atoms in total. The number of carbonyl (C=O) groups excluding carboxylic acids is 4. The molecule has 3 aromatic carbocycles. The van der Waals surface area contributed by atoms with E-state index in [1.807, 2.05) is 91.0 Å². The first-order chi connectivity index (χ1) is 31.8. The molecule has 2 aliphatic heterocycles. The van der Waals surface area contributed by atoms with E-state index in [0.717, 1.165) is 16.7 Å². The third-order valence-electron chi connectivity index (χ3n) is 11.0. The van der Waals surface area contributed by atoms with Crippen LogP contribution in [-0.2, 0) is 86.4 Å². The van der Waals surface area contributed by atoms with Gasteiger partial charge in [-0.1, -0.05) is 91.0 Å². The Balaban J connectivity index is 1.57. The number of rotatable bonds is 17. The summed E-state index contributed by atoms with van der Waals surface area (Å²) in [6.07, 6.45) is -13.1. The number of aliphatic hydroxyl groups is 1. The van der Waals surface area contributed by atoms with Crippen molar-refractivity contribution in [3.8, 4) is 0 Å². The van der Waals surface area contributed by atoms with Gasteiger partial charge in [0.1, 0.15) is 37.1 Å². The molecular formula is C53H72O15. The molecule has 374 valence electrons. The van der Waals surface area contributed by atoms with Gasteiger partial charge in [-0.3, -0.25) is 19.2 Å². The first-order valence-electron chi connectivity index (χ1n) is 23.2. The second kappa shape index (κ2) is 23.2. The Labute approximate surface area is 401 Å². The predicted molar refractivity (Wildman–Crippen MR) is 249 cm³/mol. The summed E-state index contributed by atoms with van der Waals surface area (Å²) in [5.74, 6) is -2.70. The third-order valence-corrected chi connectivity index (χ3v) is 11.0. The Hall–Kier alpha value is -4.74. The van der Waals surface area contributed by atoms with Crippen molar-refractivity contribution in [2.75, 3.05) is 13.2 Å². The van der Waals surface area contributed by atoms with Gasteiger partial charge in [-0.05, 0) is 99.8 Å². The molecule has 0 aromatic heterocycles. The van der Waals surface area contributed by atoms with Crippen molar-refractivity contribution < 1.29 is 71.7 Å². The largest absolute Gasteiger partial charge is 0.462 e. The van der Waals surface area contributed by atoms with E-state index in [-0.39, 0.29) is 26.4 Å². The quantitative estimate of drug-likeness (QED) is 0.103. The minimum absolute atomic E-state index is 0.108. The smallest absolute Gasteiger partial charge is 0.311 e. The summed E-state index contributed by atoms with van der Waals surface area (Å²) in [4.78, 5) is 54.7. The fourth-order valence-electron chi connectivity index (χ4n) is 6.91. The van der Waals surface area contributed by atoms with Crippen LogP contribution in [0.3, 0.4) is 0 Å². The maximum absolute atomic E-state index is 13.9. The Morgan fingerprint density at radius 3 is 1.22 bits per heavy atom. The van der Waals surface area contributed by atoms with Crippen LogP contribution in [0.25, 0.3) is 0 Å². The van der Waals surface area contributed by atoms with Crippen molar-refractivity contribution in [2.24, 2.45) is 21.7 Å². The zero-order valence-electron chi connectivity index (χ0n) is 41.6. The predicted octanol–water partition coefficient (Wildman–Crippen LogP) is 7.66. The van der Waals surface area contributed by atoms with Gasteiger partial charge in [-0.15, -0.1) is 0 Å². The highest BCUT2D eigenvalue weighted by Gasteiger charge is 2.56. The van der Waals surface area contributed by atoms with Gasteiger partial charge in [0.2, 0.25) is 0 Å². The van der Waals surface area contributed by atoms with Gasteiger partial charge in [-0.25, -0.2) is 0 Å². The lowest BCUT2D eigenvalue weighted by Gasteiger charge is -2.47. The SMILES string of the molecule is CC(C)(C)C(=O)OC[C@H]1O[C@@H](OC[C@H]2O[C@H](O)[C@H](OCc3ccccc3)[C@@H](OCc3ccccc3)[C@@H]2OCc2ccccc2)[C@H](OC(=O)C(C)(C)C)[C@@H](OC(=O)C(C)(C)C)[C@@H]1OC(=O)C(C)(C)C. The number of hydrogen-bond donors (Lipinski definition) is 1. The molecular weight excluding hydrogens is 877 g/mol. The third kappa shape index (κ3) is 15.4. The Morgan fingerprint density at radius 2 is 0.794 bits per heavy atom. The minimum Gasteiger partial charge on any atom is -0.462 e. The molecule has 5 rings (SSSR count). The van der Waals surface area contributed by atoms with E-state index in [0.29, 0.717) is 0 Å². The average molecular weight is 949 g/mol. The Bertz CT molecular complexity index is 2070. The van der Waals surface area contributed by atoms with Gasteiger partial charge in [-0.2, -0.15) is 0 Å². The van der Waals surface area contributed by atoms with Gasteiger partial charge in [0.25, 0.3) is 0 Å². The monoisotopic (exact) mass is 948 g/mol. The standard InChI is InChI=1S/C53H72O15/c1-50(2,3)46(55)63-32-37-39(66-47(56)51(4,5)6)41(67-48(57)52(7,8)9)43(68-49(58)53(10,11)12)45(65-37)62-31-36-38(59-28-33-22-16-13-17-23-33)40(60-29-34-24-18-14-19-25-34)42(44(54)64-36)61-30-35-26-20-15-21-27-35/h13-27,36-45,54H,28-32H2,1-12H3/t36-,37-,38-,39-,40+,41+,42-,43-,44+,45-/m1/s1. The Morgan fingerprint density at radius 1 is 0.426 bits per heavy atom.